The molecule has 0 aliphatic carbocycles. The van der Waals surface area contributed by atoms with Crippen LogP contribution < -0.4 is 0 Å². The number of aliphatic hydroxyl groups excluding tert-OH is 1. The van der Waals surface area contributed by atoms with Crippen LogP contribution in [0, 0.1) is 0 Å². The second kappa shape index (κ2) is 5.44. The topological polar surface area (TPSA) is 60.9 Å². The summed E-state index contributed by atoms with van der Waals surface area (Å²) >= 11 is 0. The van der Waals surface area contributed by atoms with Crippen LogP contribution in [0.2, 0.25) is 0 Å². The van der Waals surface area contributed by atoms with E-state index in [9.17, 15) is 8.42 Å². The maximum Gasteiger partial charge on any atom is 0.218 e. The highest BCUT2D eigenvalue weighted by atomic mass is 32.2. The summed E-state index contributed by atoms with van der Waals surface area (Å²) in [5.41, 5.74) is 0. The second-order valence-electron chi connectivity index (χ2n) is 4.60. The molecule has 1 aliphatic rings. The van der Waals surface area contributed by atoms with Crippen LogP contribution in [0.3, 0.4) is 0 Å². The summed E-state index contributed by atoms with van der Waals surface area (Å²) in [5.74, 6) is 0. The van der Waals surface area contributed by atoms with Crippen LogP contribution in [-0.4, -0.2) is 67.8 Å². The zero-order valence-electron chi connectivity index (χ0n) is 10.3. The number of likely N-dealkylation sites (tertiary alicyclic amines) is 1. The number of hydrogen-bond acceptors (Lipinski definition) is 4. The Morgan fingerprint density at radius 1 is 1.56 bits per heavy atom. The largest absolute Gasteiger partial charge is 0.395 e. The summed E-state index contributed by atoms with van der Waals surface area (Å²) in [5, 5.41) is 8.20. The highest BCUT2D eigenvalue weighted by molar-refractivity contribution is 7.89. The first-order valence-electron chi connectivity index (χ1n) is 5.66. The van der Waals surface area contributed by atoms with Crippen molar-refractivity contribution in [3.8, 4) is 0 Å². The molecule has 0 radical (unpaired) electrons. The van der Waals surface area contributed by atoms with E-state index in [-0.39, 0.29) is 6.61 Å². The van der Waals surface area contributed by atoms with Gasteiger partial charge in [-0.15, -0.1) is 0 Å². The first-order chi connectivity index (χ1) is 7.39. The third kappa shape index (κ3) is 2.94. The van der Waals surface area contributed by atoms with Crippen LogP contribution in [0.1, 0.15) is 19.8 Å². The molecule has 0 bridgehead atoms. The van der Waals surface area contributed by atoms with Gasteiger partial charge in [0.05, 0.1) is 11.9 Å². The van der Waals surface area contributed by atoms with E-state index in [4.69, 9.17) is 5.11 Å². The number of nitrogens with zero attached hydrogens (tertiary/aromatic N) is 2. The van der Waals surface area contributed by atoms with Gasteiger partial charge >= 0.3 is 0 Å². The smallest absolute Gasteiger partial charge is 0.218 e. The molecule has 2 unspecified atom stereocenters. The number of hydrogen-bond donors (Lipinski definition) is 1. The van der Waals surface area contributed by atoms with Crippen molar-refractivity contribution in [2.24, 2.45) is 0 Å². The maximum absolute atomic E-state index is 11.9. The fourth-order valence-electron chi connectivity index (χ4n) is 2.01. The van der Waals surface area contributed by atoms with Crippen LogP contribution in [0.15, 0.2) is 0 Å². The Kier molecular flexibility index (Phi) is 4.73. The molecule has 1 saturated heterocycles. The molecular formula is C10H22N2O3S. The summed E-state index contributed by atoms with van der Waals surface area (Å²) in [6, 6.07) is 0.311. The van der Waals surface area contributed by atoms with Gasteiger partial charge in [0, 0.05) is 19.6 Å². The van der Waals surface area contributed by atoms with Crippen molar-refractivity contribution in [3.05, 3.63) is 0 Å². The van der Waals surface area contributed by atoms with Crippen molar-refractivity contribution in [1.29, 1.82) is 0 Å². The fraction of sp³-hybridized carbons (Fsp3) is 1.00. The Labute approximate surface area is 98.1 Å². The van der Waals surface area contributed by atoms with Crippen molar-refractivity contribution in [2.75, 3.05) is 33.8 Å². The molecule has 16 heavy (non-hydrogen) atoms. The number of likely N-dealkylation sites (N-methyl/N-ethyl adjacent to an activating group) is 2. The average Bonchev–Trinajstić information content (AvgIpc) is 2.63. The summed E-state index contributed by atoms with van der Waals surface area (Å²) in [7, 11) is 0.269. The molecule has 2 atom stereocenters. The lowest BCUT2D eigenvalue weighted by Crippen LogP contribution is -2.43. The molecule has 0 saturated carbocycles. The summed E-state index contributed by atoms with van der Waals surface area (Å²) in [6.45, 7) is 2.76. The Morgan fingerprint density at radius 3 is 2.62 bits per heavy atom. The fourth-order valence-corrected chi connectivity index (χ4v) is 3.19. The predicted molar refractivity (Wildman–Crippen MR) is 63.7 cm³/mol. The number of rotatable bonds is 5. The van der Waals surface area contributed by atoms with Crippen molar-refractivity contribution in [3.63, 3.8) is 0 Å². The van der Waals surface area contributed by atoms with Crippen molar-refractivity contribution in [2.45, 2.75) is 31.1 Å². The van der Waals surface area contributed by atoms with Gasteiger partial charge in [-0.2, -0.15) is 0 Å². The van der Waals surface area contributed by atoms with Crippen molar-refractivity contribution < 1.29 is 13.5 Å². The van der Waals surface area contributed by atoms with Gasteiger partial charge in [0.2, 0.25) is 10.0 Å². The van der Waals surface area contributed by atoms with Crippen LogP contribution >= 0.6 is 0 Å². The van der Waals surface area contributed by atoms with E-state index in [1.54, 1.807) is 7.05 Å². The van der Waals surface area contributed by atoms with Crippen LogP contribution in [0.5, 0.6) is 0 Å². The third-order valence-electron chi connectivity index (χ3n) is 3.34. The average molecular weight is 250 g/mol. The van der Waals surface area contributed by atoms with Gasteiger partial charge in [-0.3, -0.25) is 0 Å². The zero-order valence-corrected chi connectivity index (χ0v) is 11.1. The van der Waals surface area contributed by atoms with E-state index in [0.717, 1.165) is 19.4 Å². The number of sulfonamides is 1. The Bertz CT molecular complexity index is 318. The van der Waals surface area contributed by atoms with Gasteiger partial charge in [0.15, 0.2) is 0 Å². The van der Waals surface area contributed by atoms with Crippen molar-refractivity contribution >= 4 is 10.0 Å². The second-order valence-corrected chi connectivity index (χ2v) is 7.05. The Morgan fingerprint density at radius 2 is 2.19 bits per heavy atom. The minimum Gasteiger partial charge on any atom is -0.395 e. The molecular weight excluding hydrogens is 228 g/mol. The molecule has 6 heteroatoms. The molecule has 1 heterocycles. The Balaban J connectivity index is 2.61. The Hall–Kier alpha value is -0.170. The van der Waals surface area contributed by atoms with Crippen molar-refractivity contribution in [1.82, 2.24) is 9.21 Å². The third-order valence-corrected chi connectivity index (χ3v) is 5.52. The van der Waals surface area contributed by atoms with Crippen LogP contribution in [0.4, 0.5) is 0 Å². The highest BCUT2D eigenvalue weighted by Gasteiger charge is 2.30. The first kappa shape index (κ1) is 13.9. The molecule has 1 N–H and O–H groups in total. The highest BCUT2D eigenvalue weighted by Crippen LogP contribution is 2.17. The number of aliphatic hydroxyl groups is 1. The molecule has 0 amide bonds. The van der Waals surface area contributed by atoms with Gasteiger partial charge in [0.25, 0.3) is 0 Å². The quantitative estimate of drug-likeness (QED) is 0.729. The van der Waals surface area contributed by atoms with E-state index >= 15 is 0 Å². The van der Waals surface area contributed by atoms with Gasteiger partial charge in [-0.05, 0) is 33.4 Å². The molecule has 0 spiro atoms. The van der Waals surface area contributed by atoms with Gasteiger partial charge in [-0.25, -0.2) is 12.7 Å². The zero-order chi connectivity index (χ0) is 12.3. The monoisotopic (exact) mass is 250 g/mol. The molecule has 1 aliphatic heterocycles. The van der Waals surface area contributed by atoms with E-state index in [0.29, 0.717) is 12.6 Å². The van der Waals surface area contributed by atoms with Crippen LogP contribution in [-0.2, 0) is 10.0 Å². The molecule has 0 aromatic carbocycles. The normalized spacial score (nSPS) is 25.2. The van der Waals surface area contributed by atoms with Crippen LogP contribution in [0.25, 0.3) is 0 Å². The van der Waals surface area contributed by atoms with E-state index in [2.05, 4.69) is 4.90 Å². The lowest BCUT2D eigenvalue weighted by molar-refractivity contribution is 0.263. The molecule has 0 aromatic rings. The van der Waals surface area contributed by atoms with Gasteiger partial charge in [-0.1, -0.05) is 0 Å². The molecule has 96 valence electrons. The predicted octanol–water partition coefficient (Wildman–Crippen LogP) is -0.277. The summed E-state index contributed by atoms with van der Waals surface area (Å²) in [4.78, 5) is 2.19. The molecule has 1 rings (SSSR count). The van der Waals surface area contributed by atoms with Gasteiger partial charge in [0.1, 0.15) is 0 Å². The molecule has 1 fully saturated rings. The minimum absolute atomic E-state index is 0.311. The van der Waals surface area contributed by atoms with E-state index in [1.807, 2.05) is 7.05 Å². The summed E-state index contributed by atoms with van der Waals surface area (Å²) in [6.07, 6.45) is 2.18. The minimum atomic E-state index is -3.34. The standard InChI is InChI=1S/C10H22N2O3S/c1-9(8-13)16(14,15)12(3)7-10-5-4-6-11(10)2/h9-10,13H,4-8H2,1-3H3. The SMILES string of the molecule is CC(CO)S(=O)(=O)N(C)CC1CCCN1C. The van der Waals surface area contributed by atoms with Gasteiger partial charge < -0.3 is 10.0 Å². The lowest BCUT2D eigenvalue weighted by Gasteiger charge is -2.27. The lowest BCUT2D eigenvalue weighted by atomic mass is 10.2. The van der Waals surface area contributed by atoms with E-state index < -0.39 is 15.3 Å². The maximum atomic E-state index is 11.9. The first-order valence-corrected chi connectivity index (χ1v) is 7.16. The molecule has 5 nitrogen and oxygen atoms in total. The molecule has 0 aromatic heterocycles. The van der Waals surface area contributed by atoms with E-state index in [1.165, 1.54) is 11.2 Å². The summed E-state index contributed by atoms with van der Waals surface area (Å²) < 4.78 is 25.2.